The van der Waals surface area contributed by atoms with E-state index in [1.165, 1.54) is 7.11 Å². The highest BCUT2D eigenvalue weighted by Crippen LogP contribution is 2.45. The first-order valence-corrected chi connectivity index (χ1v) is 8.38. The molecule has 8 nitrogen and oxygen atoms in total. The summed E-state index contributed by atoms with van der Waals surface area (Å²) in [5, 5.41) is 16.9. The van der Waals surface area contributed by atoms with E-state index in [9.17, 15) is 10.1 Å². The van der Waals surface area contributed by atoms with Crippen molar-refractivity contribution in [1.29, 1.82) is 5.26 Å². The number of aromatic nitrogens is 3. The highest BCUT2D eigenvalue weighted by atomic mass is 16.5. The first kappa shape index (κ1) is 17.3. The molecule has 0 saturated carbocycles. The van der Waals surface area contributed by atoms with Crippen LogP contribution < -0.4 is 10.5 Å². The van der Waals surface area contributed by atoms with Crippen LogP contribution in [0.4, 0.5) is 0 Å². The van der Waals surface area contributed by atoms with Crippen LogP contribution in [-0.4, -0.2) is 28.3 Å². The molecule has 0 unspecified atom stereocenters. The summed E-state index contributed by atoms with van der Waals surface area (Å²) in [4.78, 5) is 15.9. The molecule has 0 amide bonds. The number of nitrogens with zero attached hydrogens (tertiary/aromatic N) is 3. The Morgan fingerprint density at radius 3 is 2.75 bits per heavy atom. The average molecular weight is 373 g/mol. The third kappa shape index (κ3) is 2.75. The van der Waals surface area contributed by atoms with Gasteiger partial charge in [0.1, 0.15) is 11.6 Å². The van der Waals surface area contributed by atoms with E-state index in [2.05, 4.69) is 21.3 Å². The average Bonchev–Trinajstić information content (AvgIpc) is 3.16. The SMILES string of the molecule is COC(=O)c1ccc([C@@H]2C(C#N)=C(N)Oc3n[nH]c(-c4cccnc4)c32)cc1. The van der Waals surface area contributed by atoms with E-state index in [4.69, 9.17) is 15.2 Å². The fourth-order valence-corrected chi connectivity index (χ4v) is 3.24. The third-order valence-electron chi connectivity index (χ3n) is 4.55. The van der Waals surface area contributed by atoms with E-state index >= 15 is 0 Å². The number of rotatable bonds is 3. The van der Waals surface area contributed by atoms with Gasteiger partial charge in [0, 0.05) is 18.0 Å². The van der Waals surface area contributed by atoms with Crippen LogP contribution in [0.2, 0.25) is 0 Å². The molecule has 1 atom stereocenters. The number of carbonyl (C=O) groups is 1. The van der Waals surface area contributed by atoms with E-state index < -0.39 is 11.9 Å². The number of fused-ring (bicyclic) bond motifs is 1. The van der Waals surface area contributed by atoms with Gasteiger partial charge in [0.2, 0.25) is 11.8 Å². The van der Waals surface area contributed by atoms with Crippen LogP contribution in [0.5, 0.6) is 5.88 Å². The van der Waals surface area contributed by atoms with Crippen molar-refractivity contribution < 1.29 is 14.3 Å². The van der Waals surface area contributed by atoms with Gasteiger partial charge in [0.25, 0.3) is 0 Å². The summed E-state index contributed by atoms with van der Waals surface area (Å²) in [7, 11) is 1.32. The number of ether oxygens (including phenoxy) is 2. The van der Waals surface area contributed by atoms with Crippen molar-refractivity contribution in [3.8, 4) is 23.2 Å². The Morgan fingerprint density at radius 1 is 1.32 bits per heavy atom. The highest BCUT2D eigenvalue weighted by molar-refractivity contribution is 5.89. The molecule has 0 saturated heterocycles. The number of nitrogens with one attached hydrogen (secondary N) is 1. The van der Waals surface area contributed by atoms with E-state index in [1.807, 2.05) is 12.1 Å². The predicted octanol–water partition coefficient (Wildman–Crippen LogP) is 2.48. The zero-order valence-corrected chi connectivity index (χ0v) is 14.8. The van der Waals surface area contributed by atoms with Crippen molar-refractivity contribution in [2.45, 2.75) is 5.92 Å². The Kier molecular flexibility index (Phi) is 4.26. The van der Waals surface area contributed by atoms with Gasteiger partial charge < -0.3 is 15.2 Å². The quantitative estimate of drug-likeness (QED) is 0.675. The number of nitrogens with two attached hydrogens (primary N) is 1. The molecule has 138 valence electrons. The Balaban J connectivity index is 1.88. The molecule has 3 N–H and O–H groups in total. The monoisotopic (exact) mass is 373 g/mol. The summed E-state index contributed by atoms with van der Waals surface area (Å²) >= 11 is 0. The molecule has 0 radical (unpaired) electrons. The lowest BCUT2D eigenvalue weighted by Crippen LogP contribution is -2.21. The lowest BCUT2D eigenvalue weighted by Gasteiger charge is -2.24. The van der Waals surface area contributed by atoms with Crippen molar-refractivity contribution in [2.75, 3.05) is 7.11 Å². The van der Waals surface area contributed by atoms with Gasteiger partial charge in [0.15, 0.2) is 0 Å². The molecule has 0 fully saturated rings. The van der Waals surface area contributed by atoms with E-state index in [0.29, 0.717) is 22.7 Å². The number of benzene rings is 1. The second kappa shape index (κ2) is 6.89. The van der Waals surface area contributed by atoms with Crippen molar-refractivity contribution in [1.82, 2.24) is 15.2 Å². The number of hydrogen-bond acceptors (Lipinski definition) is 7. The molecule has 0 aliphatic carbocycles. The van der Waals surface area contributed by atoms with Crippen molar-refractivity contribution in [3.05, 3.63) is 76.9 Å². The lowest BCUT2D eigenvalue weighted by molar-refractivity contribution is 0.0600. The van der Waals surface area contributed by atoms with Crippen LogP contribution in [-0.2, 0) is 4.74 Å². The molecule has 0 bridgehead atoms. The molecule has 1 aromatic carbocycles. The van der Waals surface area contributed by atoms with Gasteiger partial charge in [-0.15, -0.1) is 5.10 Å². The predicted molar refractivity (Wildman–Crippen MR) is 98.9 cm³/mol. The zero-order chi connectivity index (χ0) is 19.7. The summed E-state index contributed by atoms with van der Waals surface area (Å²) in [6.45, 7) is 0. The van der Waals surface area contributed by atoms with E-state index in [1.54, 1.807) is 36.7 Å². The fraction of sp³-hybridized carbons (Fsp3) is 0.100. The number of H-pyrrole nitrogens is 1. The smallest absolute Gasteiger partial charge is 0.337 e. The fourth-order valence-electron chi connectivity index (χ4n) is 3.24. The molecule has 4 rings (SSSR count). The van der Waals surface area contributed by atoms with E-state index in [0.717, 1.165) is 11.1 Å². The van der Waals surface area contributed by atoms with Crippen molar-refractivity contribution in [3.63, 3.8) is 0 Å². The summed E-state index contributed by atoms with van der Waals surface area (Å²) in [5.41, 5.74) is 9.59. The van der Waals surface area contributed by atoms with Crippen molar-refractivity contribution >= 4 is 5.97 Å². The van der Waals surface area contributed by atoms with Gasteiger partial charge in [0.05, 0.1) is 29.8 Å². The van der Waals surface area contributed by atoms with Crippen molar-refractivity contribution in [2.24, 2.45) is 5.73 Å². The minimum Gasteiger partial charge on any atom is -0.465 e. The second-order valence-corrected chi connectivity index (χ2v) is 6.10. The first-order chi connectivity index (χ1) is 13.6. The Morgan fingerprint density at radius 2 is 2.11 bits per heavy atom. The normalized spacial score (nSPS) is 15.4. The number of methoxy groups -OCH3 is 1. The maximum absolute atomic E-state index is 11.7. The van der Waals surface area contributed by atoms with Gasteiger partial charge in [-0.05, 0) is 29.8 Å². The molecule has 2 aromatic heterocycles. The Bertz CT molecular complexity index is 1110. The van der Waals surface area contributed by atoms with Gasteiger partial charge in [-0.25, -0.2) is 4.79 Å². The Labute approximate surface area is 160 Å². The molecule has 8 heteroatoms. The summed E-state index contributed by atoms with van der Waals surface area (Å²) in [6, 6.07) is 12.6. The van der Waals surface area contributed by atoms with Crippen LogP contribution >= 0.6 is 0 Å². The molecule has 1 aliphatic heterocycles. The number of allylic oxidation sites excluding steroid dienone is 1. The number of nitriles is 1. The van der Waals surface area contributed by atoms with Gasteiger partial charge in [-0.2, -0.15) is 5.26 Å². The second-order valence-electron chi connectivity index (χ2n) is 6.10. The largest absolute Gasteiger partial charge is 0.465 e. The number of pyridine rings is 1. The molecule has 28 heavy (non-hydrogen) atoms. The van der Waals surface area contributed by atoms with E-state index in [-0.39, 0.29) is 11.5 Å². The maximum atomic E-state index is 11.7. The van der Waals surface area contributed by atoms with Gasteiger partial charge in [-0.3, -0.25) is 10.1 Å². The minimum atomic E-state index is -0.505. The molecule has 3 aromatic rings. The Hall–Kier alpha value is -4.12. The van der Waals surface area contributed by atoms with Gasteiger partial charge in [-0.1, -0.05) is 12.1 Å². The van der Waals surface area contributed by atoms with Gasteiger partial charge >= 0.3 is 5.97 Å². The van der Waals surface area contributed by atoms with Crippen LogP contribution in [0.3, 0.4) is 0 Å². The summed E-state index contributed by atoms with van der Waals surface area (Å²) in [6.07, 6.45) is 3.36. The van der Waals surface area contributed by atoms with Crippen LogP contribution in [0.1, 0.15) is 27.4 Å². The van der Waals surface area contributed by atoms with Crippen LogP contribution in [0.25, 0.3) is 11.3 Å². The topological polar surface area (TPSA) is 127 Å². The maximum Gasteiger partial charge on any atom is 0.337 e. The molecule has 0 spiro atoms. The highest BCUT2D eigenvalue weighted by Gasteiger charge is 2.35. The van der Waals surface area contributed by atoms with Crippen LogP contribution in [0.15, 0.2) is 60.2 Å². The lowest BCUT2D eigenvalue weighted by atomic mass is 9.83. The molecular formula is C20H15N5O3. The van der Waals surface area contributed by atoms with Crippen LogP contribution in [0, 0.1) is 11.3 Å². The number of hydrogen-bond donors (Lipinski definition) is 2. The number of esters is 1. The number of aromatic amines is 1. The summed E-state index contributed by atoms with van der Waals surface area (Å²) < 4.78 is 10.3. The zero-order valence-electron chi connectivity index (χ0n) is 14.8. The standard InChI is InChI=1S/C20H15N5O3/c1-27-20(26)12-6-4-11(5-7-12)15-14(9-21)18(22)28-19-16(15)17(24-25-19)13-3-2-8-23-10-13/h2-8,10,15H,22H2,1H3,(H,24,25)/t15-/m1/s1. The third-order valence-corrected chi connectivity index (χ3v) is 4.55. The molecular weight excluding hydrogens is 358 g/mol. The molecule has 1 aliphatic rings. The molecule has 3 heterocycles. The summed E-state index contributed by atoms with van der Waals surface area (Å²) in [5.74, 6) is -0.637. The number of carbonyl (C=O) groups excluding carboxylic acids is 1. The minimum absolute atomic E-state index is 0.00119. The first-order valence-electron chi connectivity index (χ1n) is 8.38.